The molecule has 1 saturated carbocycles. The second-order valence-electron chi connectivity index (χ2n) is 8.50. The van der Waals surface area contributed by atoms with Gasteiger partial charge in [-0.25, -0.2) is 0 Å². The molecule has 0 aliphatic heterocycles. The van der Waals surface area contributed by atoms with E-state index in [-0.39, 0.29) is 5.41 Å². The fraction of sp³-hybridized carbons (Fsp3) is 0.613. The van der Waals surface area contributed by atoms with Gasteiger partial charge in [0.05, 0.1) is 0 Å². The standard InChI is InChI=1S/C25H34O2.3C2H6/c1-20-9-7-5-3-2-4-6-8-18-25(19-20,21-10-14-23(26)15-11-21)22-12-16-24(27)17-13-22;3*1-2/h10-17,20,26-27H,2-9,18-19H2,1H3;3*1-2H3. The minimum atomic E-state index is -0.0555. The van der Waals surface area contributed by atoms with Crippen LogP contribution in [-0.2, 0) is 5.41 Å². The maximum absolute atomic E-state index is 9.82. The van der Waals surface area contributed by atoms with Crippen molar-refractivity contribution in [3.63, 3.8) is 0 Å². The Morgan fingerprint density at radius 1 is 0.576 bits per heavy atom. The molecule has 2 aromatic rings. The van der Waals surface area contributed by atoms with Crippen LogP contribution in [0.25, 0.3) is 0 Å². The first kappa shape index (κ1) is 31.0. The molecule has 1 atom stereocenters. The minimum absolute atomic E-state index is 0.0555. The molecule has 1 aliphatic rings. The van der Waals surface area contributed by atoms with Crippen molar-refractivity contribution in [2.45, 2.75) is 118 Å². The molecule has 33 heavy (non-hydrogen) atoms. The van der Waals surface area contributed by atoms with Gasteiger partial charge in [0.25, 0.3) is 0 Å². The van der Waals surface area contributed by atoms with E-state index in [0.29, 0.717) is 17.4 Å². The van der Waals surface area contributed by atoms with Crippen LogP contribution in [0.15, 0.2) is 48.5 Å². The van der Waals surface area contributed by atoms with E-state index in [0.717, 1.165) is 12.8 Å². The number of aromatic hydroxyl groups is 2. The van der Waals surface area contributed by atoms with Crippen LogP contribution >= 0.6 is 0 Å². The number of hydrogen-bond donors (Lipinski definition) is 2. The number of hydrogen-bond acceptors (Lipinski definition) is 2. The average molecular weight is 457 g/mol. The van der Waals surface area contributed by atoms with Gasteiger partial charge < -0.3 is 10.2 Å². The molecule has 0 bridgehead atoms. The maximum atomic E-state index is 9.82. The van der Waals surface area contributed by atoms with Crippen LogP contribution in [-0.4, -0.2) is 10.2 Å². The highest BCUT2D eigenvalue weighted by Gasteiger charge is 2.35. The molecule has 1 unspecified atom stereocenters. The van der Waals surface area contributed by atoms with Gasteiger partial charge in [-0.05, 0) is 54.2 Å². The highest BCUT2D eigenvalue weighted by Crippen LogP contribution is 2.44. The summed E-state index contributed by atoms with van der Waals surface area (Å²) in [6, 6.07) is 15.7. The fourth-order valence-corrected chi connectivity index (χ4v) is 4.85. The first-order valence-electron chi connectivity index (χ1n) is 13.7. The SMILES string of the molecule is CC.CC.CC.CC1CCCCCCCCCC(c2ccc(O)cc2)(c2ccc(O)cc2)C1. The summed E-state index contributed by atoms with van der Waals surface area (Å²) < 4.78 is 0. The monoisotopic (exact) mass is 456 g/mol. The summed E-state index contributed by atoms with van der Waals surface area (Å²) in [4.78, 5) is 0. The largest absolute Gasteiger partial charge is 0.508 e. The first-order chi connectivity index (χ1) is 16.1. The highest BCUT2D eigenvalue weighted by molar-refractivity contribution is 5.43. The van der Waals surface area contributed by atoms with Crippen molar-refractivity contribution in [3.8, 4) is 11.5 Å². The van der Waals surface area contributed by atoms with E-state index < -0.39 is 0 Å². The smallest absolute Gasteiger partial charge is 0.115 e. The van der Waals surface area contributed by atoms with Gasteiger partial charge >= 0.3 is 0 Å². The Morgan fingerprint density at radius 3 is 1.36 bits per heavy atom. The molecule has 0 spiro atoms. The predicted octanol–water partition coefficient (Wildman–Crippen LogP) is 10.0. The van der Waals surface area contributed by atoms with Gasteiger partial charge in [-0.1, -0.05) is 124 Å². The molecule has 0 amide bonds. The third-order valence-corrected chi connectivity index (χ3v) is 6.34. The van der Waals surface area contributed by atoms with Crippen molar-refractivity contribution in [2.75, 3.05) is 0 Å². The Balaban J connectivity index is 0.00000158. The lowest BCUT2D eigenvalue weighted by Gasteiger charge is -2.38. The Hall–Kier alpha value is -1.96. The maximum Gasteiger partial charge on any atom is 0.115 e. The van der Waals surface area contributed by atoms with E-state index in [2.05, 4.69) is 31.2 Å². The second-order valence-corrected chi connectivity index (χ2v) is 8.50. The van der Waals surface area contributed by atoms with Crippen LogP contribution < -0.4 is 0 Å². The van der Waals surface area contributed by atoms with Crippen LogP contribution in [0.5, 0.6) is 11.5 Å². The van der Waals surface area contributed by atoms with Crippen LogP contribution in [0.2, 0.25) is 0 Å². The molecule has 1 fully saturated rings. The molecule has 2 heteroatoms. The summed E-state index contributed by atoms with van der Waals surface area (Å²) in [6.07, 6.45) is 12.8. The normalized spacial score (nSPS) is 18.3. The molecule has 0 radical (unpaired) electrons. The third-order valence-electron chi connectivity index (χ3n) is 6.34. The molecule has 0 aromatic heterocycles. The fourth-order valence-electron chi connectivity index (χ4n) is 4.85. The molecular weight excluding hydrogens is 404 g/mol. The molecule has 1 aliphatic carbocycles. The quantitative estimate of drug-likeness (QED) is 0.472. The Bertz CT molecular complexity index is 642. The van der Waals surface area contributed by atoms with Gasteiger partial charge in [0.15, 0.2) is 0 Å². The topological polar surface area (TPSA) is 40.5 Å². The second kappa shape index (κ2) is 18.5. The van der Waals surface area contributed by atoms with Crippen molar-refractivity contribution >= 4 is 0 Å². The number of phenolic OH excluding ortho intramolecular Hbond substituents is 2. The van der Waals surface area contributed by atoms with E-state index in [1.807, 2.05) is 65.8 Å². The molecule has 3 rings (SSSR count). The van der Waals surface area contributed by atoms with Gasteiger partial charge in [-0.15, -0.1) is 0 Å². The van der Waals surface area contributed by atoms with Crippen molar-refractivity contribution < 1.29 is 10.2 Å². The Kier molecular flexibility index (Phi) is 17.4. The summed E-state index contributed by atoms with van der Waals surface area (Å²) in [5.74, 6) is 1.29. The lowest BCUT2D eigenvalue weighted by Crippen LogP contribution is -2.30. The molecule has 0 heterocycles. The van der Waals surface area contributed by atoms with Crippen LogP contribution in [0.4, 0.5) is 0 Å². The minimum Gasteiger partial charge on any atom is -0.508 e. The van der Waals surface area contributed by atoms with Crippen LogP contribution in [0.3, 0.4) is 0 Å². The molecule has 2 nitrogen and oxygen atoms in total. The molecule has 0 saturated heterocycles. The number of rotatable bonds is 2. The van der Waals surface area contributed by atoms with Crippen molar-refractivity contribution in [2.24, 2.45) is 5.92 Å². The van der Waals surface area contributed by atoms with Crippen molar-refractivity contribution in [1.29, 1.82) is 0 Å². The van der Waals surface area contributed by atoms with Gasteiger partial charge in [0, 0.05) is 5.41 Å². The molecule has 188 valence electrons. The predicted molar refractivity (Wildman–Crippen MR) is 146 cm³/mol. The molecule has 2 N–H and O–H groups in total. The highest BCUT2D eigenvalue weighted by atomic mass is 16.3. The van der Waals surface area contributed by atoms with E-state index in [1.165, 1.54) is 62.5 Å². The molecule has 2 aromatic carbocycles. The Labute approximate surface area is 205 Å². The average Bonchev–Trinajstić information content (AvgIpc) is 2.86. The lowest BCUT2D eigenvalue weighted by atomic mass is 9.65. The molecular formula is C31H52O2. The third kappa shape index (κ3) is 10.2. The van der Waals surface area contributed by atoms with Gasteiger partial charge in [-0.3, -0.25) is 0 Å². The zero-order valence-electron chi connectivity index (χ0n) is 22.7. The first-order valence-corrected chi connectivity index (χ1v) is 13.7. The van der Waals surface area contributed by atoms with Gasteiger partial charge in [0.1, 0.15) is 11.5 Å². The zero-order chi connectivity index (χ0) is 25.1. The van der Waals surface area contributed by atoms with E-state index >= 15 is 0 Å². The van der Waals surface area contributed by atoms with Crippen molar-refractivity contribution in [1.82, 2.24) is 0 Å². The lowest BCUT2D eigenvalue weighted by molar-refractivity contribution is 0.320. The zero-order valence-corrected chi connectivity index (χ0v) is 22.7. The van der Waals surface area contributed by atoms with Crippen LogP contribution in [0.1, 0.15) is 124 Å². The van der Waals surface area contributed by atoms with Gasteiger partial charge in [0.2, 0.25) is 0 Å². The van der Waals surface area contributed by atoms with Crippen molar-refractivity contribution in [3.05, 3.63) is 59.7 Å². The van der Waals surface area contributed by atoms with E-state index in [1.54, 1.807) is 0 Å². The summed E-state index contributed by atoms with van der Waals surface area (Å²) >= 11 is 0. The number of phenols is 2. The summed E-state index contributed by atoms with van der Waals surface area (Å²) in [7, 11) is 0. The number of benzene rings is 2. The van der Waals surface area contributed by atoms with E-state index in [9.17, 15) is 10.2 Å². The van der Waals surface area contributed by atoms with Gasteiger partial charge in [-0.2, -0.15) is 0 Å². The summed E-state index contributed by atoms with van der Waals surface area (Å²) in [6.45, 7) is 14.4. The van der Waals surface area contributed by atoms with E-state index in [4.69, 9.17) is 0 Å². The summed E-state index contributed by atoms with van der Waals surface area (Å²) in [5, 5.41) is 19.6. The van der Waals surface area contributed by atoms with Crippen LogP contribution in [0, 0.1) is 5.92 Å². The Morgan fingerprint density at radius 2 is 0.939 bits per heavy atom. The summed E-state index contributed by atoms with van der Waals surface area (Å²) in [5.41, 5.74) is 2.52.